The van der Waals surface area contributed by atoms with Gasteiger partial charge in [0.15, 0.2) is 0 Å². The lowest BCUT2D eigenvalue weighted by Gasteiger charge is -2.09. The van der Waals surface area contributed by atoms with Gasteiger partial charge < -0.3 is 5.32 Å². The first-order valence-electron chi connectivity index (χ1n) is 6.22. The second kappa shape index (κ2) is 5.63. The Morgan fingerprint density at radius 3 is 2.72 bits per heavy atom. The van der Waals surface area contributed by atoms with Crippen molar-refractivity contribution < 1.29 is 4.39 Å². The Labute approximate surface area is 112 Å². The molecule has 2 rings (SSSR count). The molecule has 0 aliphatic heterocycles. The third kappa shape index (κ3) is 2.62. The first-order valence-corrected chi connectivity index (χ1v) is 7.03. The van der Waals surface area contributed by atoms with Crippen molar-refractivity contribution in [2.75, 3.05) is 6.54 Å². The van der Waals surface area contributed by atoms with E-state index in [9.17, 15) is 4.39 Å². The van der Waals surface area contributed by atoms with Gasteiger partial charge in [-0.25, -0.2) is 4.39 Å². The molecule has 0 saturated heterocycles. The predicted molar refractivity (Wildman–Crippen MR) is 76.5 cm³/mol. The van der Waals surface area contributed by atoms with Gasteiger partial charge >= 0.3 is 0 Å². The van der Waals surface area contributed by atoms with Gasteiger partial charge in [-0.1, -0.05) is 19.1 Å². The number of rotatable bonds is 4. The SMILES string of the molecule is CCNC(C)c1ccc(-c2c(C)cccc2F)s1. The number of benzene rings is 1. The van der Waals surface area contributed by atoms with E-state index in [1.807, 2.05) is 19.1 Å². The first kappa shape index (κ1) is 13.2. The van der Waals surface area contributed by atoms with E-state index in [0.29, 0.717) is 6.04 Å². The minimum Gasteiger partial charge on any atom is -0.310 e. The molecule has 1 heterocycles. The zero-order valence-corrected chi connectivity index (χ0v) is 11.8. The number of thiophene rings is 1. The quantitative estimate of drug-likeness (QED) is 0.854. The zero-order valence-electron chi connectivity index (χ0n) is 11.0. The molecule has 0 saturated carbocycles. The van der Waals surface area contributed by atoms with Crippen LogP contribution in [0.1, 0.15) is 30.3 Å². The third-order valence-corrected chi connectivity index (χ3v) is 4.32. The van der Waals surface area contributed by atoms with Crippen LogP contribution in [0.2, 0.25) is 0 Å². The lowest BCUT2D eigenvalue weighted by Crippen LogP contribution is -2.16. The summed E-state index contributed by atoms with van der Waals surface area (Å²) in [5.74, 6) is -0.139. The van der Waals surface area contributed by atoms with Crippen molar-refractivity contribution in [3.05, 3.63) is 46.6 Å². The molecular weight excluding hydrogens is 245 g/mol. The van der Waals surface area contributed by atoms with Crippen LogP contribution in [0, 0.1) is 12.7 Å². The molecule has 3 heteroatoms. The lowest BCUT2D eigenvalue weighted by atomic mass is 10.1. The van der Waals surface area contributed by atoms with Gasteiger partial charge in [0.1, 0.15) is 5.82 Å². The highest BCUT2D eigenvalue weighted by Gasteiger charge is 2.13. The summed E-state index contributed by atoms with van der Waals surface area (Å²) in [6.45, 7) is 7.11. The molecule has 0 fully saturated rings. The summed E-state index contributed by atoms with van der Waals surface area (Å²) in [6, 6.07) is 9.64. The summed E-state index contributed by atoms with van der Waals surface area (Å²) in [7, 11) is 0. The van der Waals surface area contributed by atoms with Crippen LogP contribution in [-0.2, 0) is 0 Å². The summed E-state index contributed by atoms with van der Waals surface area (Å²) in [4.78, 5) is 2.25. The van der Waals surface area contributed by atoms with Crippen LogP contribution >= 0.6 is 11.3 Å². The first-order chi connectivity index (χ1) is 8.63. The fraction of sp³-hybridized carbons (Fsp3) is 0.333. The second-order valence-corrected chi connectivity index (χ2v) is 5.53. The standard InChI is InChI=1S/C15H18FNS/c1-4-17-11(3)13-8-9-14(18-13)15-10(2)6-5-7-12(15)16/h5-9,11,17H,4H2,1-3H3. The van der Waals surface area contributed by atoms with Crippen LogP contribution in [0.3, 0.4) is 0 Å². The maximum Gasteiger partial charge on any atom is 0.132 e. The van der Waals surface area contributed by atoms with E-state index in [0.717, 1.165) is 22.5 Å². The summed E-state index contributed by atoms with van der Waals surface area (Å²) >= 11 is 1.66. The van der Waals surface area contributed by atoms with Gasteiger partial charge in [-0.05, 0) is 44.2 Å². The number of aryl methyl sites for hydroxylation is 1. The summed E-state index contributed by atoms with van der Waals surface area (Å²) in [6.07, 6.45) is 0. The maximum atomic E-state index is 13.9. The highest BCUT2D eigenvalue weighted by Crippen LogP contribution is 2.34. The van der Waals surface area contributed by atoms with Gasteiger partial charge in [-0.3, -0.25) is 0 Å². The van der Waals surface area contributed by atoms with Gasteiger partial charge in [-0.2, -0.15) is 0 Å². The molecule has 1 atom stereocenters. The topological polar surface area (TPSA) is 12.0 Å². The molecule has 0 radical (unpaired) electrons. The van der Waals surface area contributed by atoms with Crippen LogP contribution in [0.5, 0.6) is 0 Å². The number of hydrogen-bond acceptors (Lipinski definition) is 2. The molecule has 0 aliphatic carbocycles. The van der Waals surface area contributed by atoms with E-state index in [4.69, 9.17) is 0 Å². The normalized spacial score (nSPS) is 12.7. The molecular formula is C15H18FNS. The Kier molecular flexibility index (Phi) is 4.15. The molecule has 1 aromatic heterocycles. The molecule has 96 valence electrons. The van der Waals surface area contributed by atoms with E-state index < -0.39 is 0 Å². The molecule has 1 aromatic carbocycles. The van der Waals surface area contributed by atoms with Gasteiger partial charge in [0.25, 0.3) is 0 Å². The average Bonchev–Trinajstić information content (AvgIpc) is 2.78. The van der Waals surface area contributed by atoms with Crippen molar-refractivity contribution in [3.63, 3.8) is 0 Å². The maximum absolute atomic E-state index is 13.9. The van der Waals surface area contributed by atoms with E-state index >= 15 is 0 Å². The van der Waals surface area contributed by atoms with Crippen molar-refractivity contribution in [2.45, 2.75) is 26.8 Å². The highest BCUT2D eigenvalue weighted by atomic mass is 32.1. The molecule has 0 amide bonds. The summed E-state index contributed by atoms with van der Waals surface area (Å²) < 4.78 is 13.9. The molecule has 2 aromatic rings. The monoisotopic (exact) mass is 263 g/mol. The molecule has 0 bridgehead atoms. The van der Waals surface area contributed by atoms with E-state index in [-0.39, 0.29) is 5.82 Å². The van der Waals surface area contributed by atoms with Gasteiger partial charge in [0, 0.05) is 21.4 Å². The smallest absolute Gasteiger partial charge is 0.132 e. The van der Waals surface area contributed by atoms with Crippen LogP contribution in [0.15, 0.2) is 30.3 Å². The van der Waals surface area contributed by atoms with Crippen molar-refractivity contribution >= 4 is 11.3 Å². The van der Waals surface area contributed by atoms with Crippen LogP contribution in [-0.4, -0.2) is 6.54 Å². The Hall–Kier alpha value is -1.19. The van der Waals surface area contributed by atoms with E-state index in [1.165, 1.54) is 10.9 Å². The Balaban J connectivity index is 2.35. The second-order valence-electron chi connectivity index (χ2n) is 4.41. The molecule has 1 nitrogen and oxygen atoms in total. The van der Waals surface area contributed by atoms with Crippen molar-refractivity contribution in [1.82, 2.24) is 5.32 Å². The van der Waals surface area contributed by atoms with Gasteiger partial charge in [-0.15, -0.1) is 11.3 Å². The van der Waals surface area contributed by atoms with Gasteiger partial charge in [0.2, 0.25) is 0 Å². The van der Waals surface area contributed by atoms with Crippen LogP contribution < -0.4 is 5.32 Å². The fourth-order valence-corrected chi connectivity index (χ4v) is 3.22. The summed E-state index contributed by atoms with van der Waals surface area (Å²) in [5, 5.41) is 3.37. The van der Waals surface area contributed by atoms with E-state index in [2.05, 4.69) is 25.2 Å². The molecule has 0 aliphatic rings. The molecule has 18 heavy (non-hydrogen) atoms. The van der Waals surface area contributed by atoms with Crippen LogP contribution in [0.25, 0.3) is 10.4 Å². The van der Waals surface area contributed by atoms with Crippen molar-refractivity contribution in [2.24, 2.45) is 0 Å². The molecule has 0 spiro atoms. The van der Waals surface area contributed by atoms with Crippen molar-refractivity contribution in [1.29, 1.82) is 0 Å². The van der Waals surface area contributed by atoms with E-state index in [1.54, 1.807) is 17.4 Å². The fourth-order valence-electron chi connectivity index (χ4n) is 2.07. The highest BCUT2D eigenvalue weighted by molar-refractivity contribution is 7.15. The minimum atomic E-state index is -0.139. The Bertz CT molecular complexity index is 513. The number of halogens is 1. The number of nitrogens with one attached hydrogen (secondary N) is 1. The summed E-state index contributed by atoms with van der Waals surface area (Å²) in [5.41, 5.74) is 1.72. The Morgan fingerprint density at radius 1 is 1.28 bits per heavy atom. The molecule has 1 N–H and O–H groups in total. The minimum absolute atomic E-state index is 0.139. The Morgan fingerprint density at radius 2 is 2.06 bits per heavy atom. The lowest BCUT2D eigenvalue weighted by molar-refractivity contribution is 0.607. The zero-order chi connectivity index (χ0) is 13.1. The van der Waals surface area contributed by atoms with Gasteiger partial charge in [0.05, 0.1) is 0 Å². The third-order valence-electron chi connectivity index (χ3n) is 3.03. The van der Waals surface area contributed by atoms with Crippen LogP contribution in [0.4, 0.5) is 4.39 Å². The molecule has 1 unspecified atom stereocenters. The number of hydrogen-bond donors (Lipinski definition) is 1. The van der Waals surface area contributed by atoms with Crippen molar-refractivity contribution in [3.8, 4) is 10.4 Å². The predicted octanol–water partition coefficient (Wildman–Crippen LogP) is 4.53. The average molecular weight is 263 g/mol. The largest absolute Gasteiger partial charge is 0.310 e.